The summed E-state index contributed by atoms with van der Waals surface area (Å²) >= 11 is 0. The molecule has 146 valence electrons. The summed E-state index contributed by atoms with van der Waals surface area (Å²) in [5.41, 5.74) is 6.13. The molecule has 26 heavy (non-hydrogen) atoms. The van der Waals surface area contributed by atoms with Crippen molar-refractivity contribution in [3.8, 4) is 0 Å². The highest BCUT2D eigenvalue weighted by Crippen LogP contribution is 2.35. The maximum absolute atomic E-state index is 14.3. The summed E-state index contributed by atoms with van der Waals surface area (Å²) < 4.78 is 27.5. The number of hydrogen-bond acceptors (Lipinski definition) is 4. The number of rotatable bonds is 3. The molecule has 2 aliphatic rings. The fourth-order valence-electron chi connectivity index (χ4n) is 3.70. The monoisotopic (exact) mass is 388 g/mol. The molecule has 4 N–H and O–H groups in total. The quantitative estimate of drug-likeness (QED) is 0.640. The van der Waals surface area contributed by atoms with Crippen molar-refractivity contribution in [2.45, 2.75) is 45.3 Å². The summed E-state index contributed by atoms with van der Waals surface area (Å²) in [5, 5.41) is 6.29. The summed E-state index contributed by atoms with van der Waals surface area (Å²) in [5.74, 6) is -1.30. The fourth-order valence-corrected chi connectivity index (χ4v) is 3.70. The van der Waals surface area contributed by atoms with Crippen LogP contribution in [0.4, 0.5) is 8.78 Å². The second kappa shape index (κ2) is 8.17. The molecule has 2 saturated heterocycles. The molecule has 0 bridgehead atoms. The SMILES string of the molecule is CC(C)(C)C(NC(=O)C1NNC2CCNCC21)c1ccc(F)cc1F.Cl. The van der Waals surface area contributed by atoms with Gasteiger partial charge in [0.15, 0.2) is 0 Å². The number of carbonyl (C=O) groups excluding carboxylic acids is 1. The predicted molar refractivity (Wildman–Crippen MR) is 98.8 cm³/mol. The first-order chi connectivity index (χ1) is 11.8. The van der Waals surface area contributed by atoms with E-state index in [4.69, 9.17) is 0 Å². The van der Waals surface area contributed by atoms with Crippen LogP contribution in [0.25, 0.3) is 0 Å². The first-order valence-corrected chi connectivity index (χ1v) is 8.74. The van der Waals surface area contributed by atoms with Crippen molar-refractivity contribution in [1.82, 2.24) is 21.5 Å². The van der Waals surface area contributed by atoms with E-state index in [1.165, 1.54) is 12.1 Å². The van der Waals surface area contributed by atoms with E-state index in [1.807, 2.05) is 20.8 Å². The standard InChI is InChI=1S/C18H26F2N4O.ClH/c1-18(2,3)16(11-5-4-10(19)8-13(11)20)22-17(25)15-12-9-21-7-6-14(12)23-24-15;/h4-5,8,12,14-16,21,23-24H,6-7,9H2,1-3H3,(H,22,25);1H. The third kappa shape index (κ3) is 4.34. The number of amides is 1. The van der Waals surface area contributed by atoms with Gasteiger partial charge in [-0.1, -0.05) is 26.8 Å². The van der Waals surface area contributed by atoms with Gasteiger partial charge in [0.2, 0.25) is 5.91 Å². The summed E-state index contributed by atoms with van der Waals surface area (Å²) in [6, 6.07) is 2.81. The highest BCUT2D eigenvalue weighted by molar-refractivity contribution is 5.85. The van der Waals surface area contributed by atoms with Crippen molar-refractivity contribution in [2.75, 3.05) is 13.1 Å². The Morgan fingerprint density at radius 1 is 1.27 bits per heavy atom. The lowest BCUT2D eigenvalue weighted by Gasteiger charge is -2.34. The number of carbonyl (C=O) groups is 1. The minimum atomic E-state index is -0.644. The first kappa shape index (κ1) is 21.0. The van der Waals surface area contributed by atoms with Crippen LogP contribution in [0.1, 0.15) is 38.8 Å². The second-order valence-corrected chi connectivity index (χ2v) is 8.00. The molecule has 0 radical (unpaired) electrons. The number of fused-ring (bicyclic) bond motifs is 1. The Balaban J connectivity index is 0.00000243. The molecule has 0 aromatic heterocycles. The van der Waals surface area contributed by atoms with E-state index in [9.17, 15) is 13.6 Å². The molecule has 2 heterocycles. The molecule has 0 saturated carbocycles. The number of benzene rings is 1. The Kier molecular flexibility index (Phi) is 6.60. The highest BCUT2D eigenvalue weighted by atomic mass is 35.5. The maximum atomic E-state index is 14.3. The van der Waals surface area contributed by atoms with Gasteiger partial charge >= 0.3 is 0 Å². The number of nitrogens with one attached hydrogen (secondary N) is 4. The van der Waals surface area contributed by atoms with E-state index in [-0.39, 0.29) is 36.3 Å². The van der Waals surface area contributed by atoms with Gasteiger partial charge in [-0.25, -0.2) is 14.2 Å². The van der Waals surface area contributed by atoms with Crippen molar-refractivity contribution in [2.24, 2.45) is 11.3 Å². The van der Waals surface area contributed by atoms with Crippen LogP contribution in [-0.4, -0.2) is 31.1 Å². The molecule has 4 unspecified atom stereocenters. The van der Waals surface area contributed by atoms with Crippen LogP contribution in [-0.2, 0) is 4.79 Å². The van der Waals surface area contributed by atoms with Gasteiger partial charge in [0.25, 0.3) is 0 Å². The van der Waals surface area contributed by atoms with Crippen molar-refractivity contribution >= 4 is 18.3 Å². The molecule has 3 rings (SSSR count). The zero-order valence-electron chi connectivity index (χ0n) is 15.2. The molecule has 4 atom stereocenters. The molecule has 1 aromatic rings. The van der Waals surface area contributed by atoms with Crippen LogP contribution in [0.5, 0.6) is 0 Å². The molecule has 5 nitrogen and oxygen atoms in total. The molecular weight excluding hydrogens is 362 g/mol. The Bertz CT molecular complexity index is 653. The van der Waals surface area contributed by atoms with Crippen LogP contribution in [0.15, 0.2) is 18.2 Å². The lowest BCUT2D eigenvalue weighted by atomic mass is 9.81. The molecule has 0 aliphatic carbocycles. The fraction of sp³-hybridized carbons (Fsp3) is 0.611. The maximum Gasteiger partial charge on any atom is 0.239 e. The van der Waals surface area contributed by atoms with Gasteiger partial charge in [-0.05, 0) is 24.4 Å². The van der Waals surface area contributed by atoms with Crippen LogP contribution < -0.4 is 21.5 Å². The van der Waals surface area contributed by atoms with Crippen molar-refractivity contribution in [3.63, 3.8) is 0 Å². The molecule has 2 aliphatic heterocycles. The topological polar surface area (TPSA) is 65.2 Å². The zero-order valence-corrected chi connectivity index (χ0v) is 16.1. The molecule has 1 aromatic carbocycles. The molecule has 8 heteroatoms. The van der Waals surface area contributed by atoms with Crippen molar-refractivity contribution in [1.29, 1.82) is 0 Å². The smallest absolute Gasteiger partial charge is 0.239 e. The largest absolute Gasteiger partial charge is 0.347 e. The first-order valence-electron chi connectivity index (χ1n) is 8.74. The lowest BCUT2D eigenvalue weighted by Crippen LogP contribution is -2.51. The Hall–Kier alpha value is -1.28. The van der Waals surface area contributed by atoms with Crippen LogP contribution in [0.2, 0.25) is 0 Å². The van der Waals surface area contributed by atoms with E-state index in [2.05, 4.69) is 21.5 Å². The summed E-state index contributed by atoms with van der Waals surface area (Å²) in [6.45, 7) is 7.45. The number of hydrazine groups is 1. The van der Waals surface area contributed by atoms with Crippen LogP contribution in [0, 0.1) is 23.0 Å². The van der Waals surface area contributed by atoms with Crippen molar-refractivity contribution in [3.05, 3.63) is 35.4 Å². The summed E-state index contributed by atoms with van der Waals surface area (Å²) in [6.07, 6.45) is 0.955. The van der Waals surface area contributed by atoms with E-state index < -0.39 is 23.1 Å². The van der Waals surface area contributed by atoms with Gasteiger partial charge < -0.3 is 10.6 Å². The molecule has 2 fully saturated rings. The lowest BCUT2D eigenvalue weighted by molar-refractivity contribution is -0.125. The van der Waals surface area contributed by atoms with Gasteiger partial charge in [-0.15, -0.1) is 12.4 Å². The third-order valence-electron chi connectivity index (χ3n) is 5.09. The predicted octanol–water partition coefficient (Wildman–Crippen LogP) is 2.04. The van der Waals surface area contributed by atoms with E-state index in [0.717, 1.165) is 25.6 Å². The number of hydrogen-bond donors (Lipinski definition) is 4. The molecule has 1 amide bonds. The Morgan fingerprint density at radius 2 is 2.00 bits per heavy atom. The minimum absolute atomic E-state index is 0. The van der Waals surface area contributed by atoms with E-state index >= 15 is 0 Å². The average Bonchev–Trinajstić information content (AvgIpc) is 2.96. The summed E-state index contributed by atoms with van der Waals surface area (Å²) in [4.78, 5) is 12.9. The molecule has 0 spiro atoms. The van der Waals surface area contributed by atoms with Crippen LogP contribution in [0.3, 0.4) is 0 Å². The Labute approximate surface area is 159 Å². The van der Waals surface area contributed by atoms with Gasteiger partial charge in [-0.3, -0.25) is 10.2 Å². The van der Waals surface area contributed by atoms with Gasteiger partial charge in [-0.2, -0.15) is 0 Å². The second-order valence-electron chi connectivity index (χ2n) is 8.00. The normalized spacial score (nSPS) is 26.6. The Morgan fingerprint density at radius 3 is 2.65 bits per heavy atom. The van der Waals surface area contributed by atoms with Gasteiger partial charge in [0, 0.05) is 30.1 Å². The number of halogens is 3. The zero-order chi connectivity index (χ0) is 18.2. The van der Waals surface area contributed by atoms with E-state index in [0.29, 0.717) is 5.56 Å². The van der Waals surface area contributed by atoms with Crippen LogP contribution >= 0.6 is 12.4 Å². The molecular formula is C18H27ClF2N4O. The third-order valence-corrected chi connectivity index (χ3v) is 5.09. The number of piperidine rings is 1. The summed E-state index contributed by atoms with van der Waals surface area (Å²) in [7, 11) is 0. The van der Waals surface area contributed by atoms with E-state index in [1.54, 1.807) is 0 Å². The minimum Gasteiger partial charge on any atom is -0.347 e. The van der Waals surface area contributed by atoms with Gasteiger partial charge in [0.05, 0.1) is 6.04 Å². The highest BCUT2D eigenvalue weighted by Gasteiger charge is 2.42. The average molecular weight is 389 g/mol. The van der Waals surface area contributed by atoms with Gasteiger partial charge in [0.1, 0.15) is 17.7 Å². The van der Waals surface area contributed by atoms with Crippen molar-refractivity contribution < 1.29 is 13.6 Å².